The topological polar surface area (TPSA) is 65.9 Å². The maximum atomic E-state index is 10.2. The molecule has 0 aliphatic rings. The lowest BCUT2D eigenvalue weighted by atomic mass is 10.1. The first-order valence-electron chi connectivity index (χ1n) is 5.95. The summed E-state index contributed by atoms with van der Waals surface area (Å²) >= 11 is 0. The van der Waals surface area contributed by atoms with Crippen molar-refractivity contribution >= 4 is 5.97 Å². The summed E-state index contributed by atoms with van der Waals surface area (Å²) in [6.45, 7) is 2.19. The second-order valence-corrected chi connectivity index (χ2v) is 3.90. The number of carboxylic acids is 1. The van der Waals surface area contributed by atoms with E-state index in [4.69, 9.17) is 5.11 Å². The summed E-state index contributed by atoms with van der Waals surface area (Å²) in [7, 11) is 1.96. The Kier molecular flexibility index (Phi) is 11.0. The Morgan fingerprint density at radius 3 is 2.33 bits per heavy atom. The second-order valence-electron chi connectivity index (χ2n) is 3.90. The number of quaternary nitrogens is 1. The molecule has 0 radical (unpaired) electrons. The van der Waals surface area contributed by atoms with E-state index in [-0.39, 0.29) is 0 Å². The molecule has 0 spiro atoms. The van der Waals surface area contributed by atoms with Crippen LogP contribution in [0, 0.1) is 0 Å². The number of rotatable bonds is 11. The first kappa shape index (κ1) is 14.4. The molecule has 0 fully saturated rings. The van der Waals surface area contributed by atoms with Gasteiger partial charge in [-0.1, -0.05) is 19.3 Å². The number of aliphatic carboxylic acids is 1. The maximum Gasteiger partial charge on any atom is 0.303 e. The lowest BCUT2D eigenvalue weighted by molar-refractivity contribution is -0.658. The maximum absolute atomic E-state index is 10.2. The molecule has 0 rings (SSSR count). The molecule has 0 bridgehead atoms. The van der Waals surface area contributed by atoms with Crippen LogP contribution < -0.4 is 10.6 Å². The molecule has 0 atom stereocenters. The average molecular weight is 217 g/mol. The minimum atomic E-state index is -0.670. The quantitative estimate of drug-likeness (QED) is 0.349. The Bertz CT molecular complexity index is 152. The van der Waals surface area contributed by atoms with E-state index in [1.807, 2.05) is 7.05 Å². The number of hydrogen-bond acceptors (Lipinski definition) is 2. The third kappa shape index (κ3) is 13.4. The van der Waals surface area contributed by atoms with Gasteiger partial charge in [-0.15, -0.1) is 0 Å². The van der Waals surface area contributed by atoms with Gasteiger partial charge >= 0.3 is 5.97 Å². The number of hydrogen-bond donors (Lipinski definition) is 3. The third-order valence-electron chi connectivity index (χ3n) is 2.40. The van der Waals surface area contributed by atoms with Gasteiger partial charge in [0.25, 0.3) is 0 Å². The van der Waals surface area contributed by atoms with E-state index in [1.165, 1.54) is 32.2 Å². The average Bonchev–Trinajstić information content (AvgIpc) is 2.20. The molecule has 4 heteroatoms. The highest BCUT2D eigenvalue weighted by Gasteiger charge is 1.96. The highest BCUT2D eigenvalue weighted by atomic mass is 16.4. The normalized spacial score (nSPS) is 10.5. The van der Waals surface area contributed by atoms with Gasteiger partial charge in [-0.25, -0.2) is 0 Å². The van der Waals surface area contributed by atoms with Gasteiger partial charge in [-0.05, 0) is 26.3 Å². The van der Waals surface area contributed by atoms with Gasteiger partial charge in [0.15, 0.2) is 0 Å². The van der Waals surface area contributed by atoms with E-state index in [0.717, 1.165) is 19.5 Å². The molecular formula is C11H25N2O2+. The van der Waals surface area contributed by atoms with Crippen molar-refractivity contribution in [2.45, 2.75) is 44.9 Å². The van der Waals surface area contributed by atoms with Crippen molar-refractivity contribution < 1.29 is 15.2 Å². The fourth-order valence-electron chi connectivity index (χ4n) is 1.52. The van der Waals surface area contributed by atoms with E-state index < -0.39 is 5.97 Å². The minimum Gasteiger partial charge on any atom is -0.481 e. The van der Waals surface area contributed by atoms with Crippen LogP contribution in [0.4, 0.5) is 0 Å². The van der Waals surface area contributed by atoms with E-state index in [2.05, 4.69) is 10.6 Å². The SMILES string of the molecule is CNC[NH2+]CCCCCCCCC(=O)O. The zero-order valence-electron chi connectivity index (χ0n) is 9.80. The number of carboxylic acid groups (broad SMARTS) is 1. The first-order valence-corrected chi connectivity index (χ1v) is 5.95. The van der Waals surface area contributed by atoms with Crippen LogP contribution in [-0.4, -0.2) is 31.3 Å². The van der Waals surface area contributed by atoms with Gasteiger partial charge in [-0.2, -0.15) is 0 Å². The Morgan fingerprint density at radius 1 is 1.13 bits per heavy atom. The lowest BCUT2D eigenvalue weighted by Crippen LogP contribution is -2.86. The summed E-state index contributed by atoms with van der Waals surface area (Å²) in [6.07, 6.45) is 7.18. The van der Waals surface area contributed by atoms with Crippen LogP contribution >= 0.6 is 0 Å². The van der Waals surface area contributed by atoms with Crippen LogP contribution in [0.15, 0.2) is 0 Å². The highest BCUT2D eigenvalue weighted by molar-refractivity contribution is 5.66. The molecule has 4 N–H and O–H groups in total. The highest BCUT2D eigenvalue weighted by Crippen LogP contribution is 2.06. The van der Waals surface area contributed by atoms with Crippen LogP contribution in [0.1, 0.15) is 44.9 Å². The van der Waals surface area contributed by atoms with Crippen LogP contribution in [-0.2, 0) is 4.79 Å². The van der Waals surface area contributed by atoms with E-state index >= 15 is 0 Å². The number of nitrogens with two attached hydrogens (primary N) is 1. The van der Waals surface area contributed by atoms with Crippen molar-refractivity contribution in [3.05, 3.63) is 0 Å². The molecule has 0 aromatic rings. The molecule has 0 aromatic heterocycles. The largest absolute Gasteiger partial charge is 0.481 e. The molecule has 0 saturated carbocycles. The Balaban J connectivity index is 2.89. The first-order chi connectivity index (χ1) is 7.27. The van der Waals surface area contributed by atoms with Crippen molar-refractivity contribution in [1.29, 1.82) is 0 Å². The summed E-state index contributed by atoms with van der Waals surface area (Å²) in [4.78, 5) is 10.2. The molecule has 90 valence electrons. The van der Waals surface area contributed by atoms with Crippen LogP contribution in [0.3, 0.4) is 0 Å². The Morgan fingerprint density at radius 2 is 1.73 bits per heavy atom. The fourth-order valence-corrected chi connectivity index (χ4v) is 1.52. The van der Waals surface area contributed by atoms with Gasteiger partial charge in [-0.3, -0.25) is 10.1 Å². The minimum absolute atomic E-state index is 0.329. The number of nitrogens with one attached hydrogen (secondary N) is 1. The summed E-state index contributed by atoms with van der Waals surface area (Å²) < 4.78 is 0. The standard InChI is InChI=1S/C11H24N2O2/c1-12-10-13-9-7-5-3-2-4-6-8-11(14)15/h12-13H,2-10H2,1H3,(H,14,15)/p+1. The van der Waals surface area contributed by atoms with Gasteiger partial charge in [0.1, 0.15) is 6.67 Å². The van der Waals surface area contributed by atoms with Crippen LogP contribution in [0.25, 0.3) is 0 Å². The zero-order valence-corrected chi connectivity index (χ0v) is 9.80. The van der Waals surface area contributed by atoms with E-state index in [1.54, 1.807) is 0 Å². The predicted molar refractivity (Wildman–Crippen MR) is 60.7 cm³/mol. The zero-order chi connectivity index (χ0) is 11.4. The van der Waals surface area contributed by atoms with Crippen molar-refractivity contribution in [3.8, 4) is 0 Å². The van der Waals surface area contributed by atoms with Crippen LogP contribution in [0.5, 0.6) is 0 Å². The summed E-state index contributed by atoms with van der Waals surface area (Å²) in [6, 6.07) is 0. The fraction of sp³-hybridized carbons (Fsp3) is 0.909. The van der Waals surface area contributed by atoms with Gasteiger partial charge in [0.05, 0.1) is 6.54 Å². The molecule has 0 aliphatic heterocycles. The molecular weight excluding hydrogens is 192 g/mol. The van der Waals surface area contributed by atoms with Crippen molar-refractivity contribution in [3.63, 3.8) is 0 Å². The number of carbonyl (C=O) groups is 1. The molecule has 4 nitrogen and oxygen atoms in total. The predicted octanol–water partition coefficient (Wildman–Crippen LogP) is 0.542. The van der Waals surface area contributed by atoms with Crippen LogP contribution in [0.2, 0.25) is 0 Å². The lowest BCUT2D eigenvalue weighted by Gasteiger charge is -2.01. The van der Waals surface area contributed by atoms with Crippen molar-refractivity contribution in [1.82, 2.24) is 5.32 Å². The molecule has 0 aromatic carbocycles. The van der Waals surface area contributed by atoms with Gasteiger partial charge in [0.2, 0.25) is 0 Å². The van der Waals surface area contributed by atoms with Gasteiger partial charge < -0.3 is 10.4 Å². The Hall–Kier alpha value is -0.610. The second kappa shape index (κ2) is 11.5. The summed E-state index contributed by atoms with van der Waals surface area (Å²) in [5, 5.41) is 13.8. The van der Waals surface area contributed by atoms with E-state index in [0.29, 0.717) is 6.42 Å². The molecule has 0 aliphatic carbocycles. The molecule has 15 heavy (non-hydrogen) atoms. The van der Waals surface area contributed by atoms with Gasteiger partial charge in [0, 0.05) is 6.42 Å². The Labute approximate surface area is 92.4 Å². The van der Waals surface area contributed by atoms with Crippen molar-refractivity contribution in [2.75, 3.05) is 20.3 Å². The monoisotopic (exact) mass is 217 g/mol. The molecule has 0 saturated heterocycles. The molecule has 0 amide bonds. The smallest absolute Gasteiger partial charge is 0.303 e. The van der Waals surface area contributed by atoms with E-state index in [9.17, 15) is 4.79 Å². The summed E-state index contributed by atoms with van der Waals surface area (Å²) in [5.41, 5.74) is 0. The summed E-state index contributed by atoms with van der Waals surface area (Å²) in [5.74, 6) is -0.670. The third-order valence-corrected chi connectivity index (χ3v) is 2.40. The molecule has 0 unspecified atom stereocenters. The molecule has 0 heterocycles. The van der Waals surface area contributed by atoms with Crippen molar-refractivity contribution in [2.24, 2.45) is 0 Å². The number of unbranched alkanes of at least 4 members (excludes halogenated alkanes) is 5.